The van der Waals surface area contributed by atoms with Crippen LogP contribution in [0.5, 0.6) is 0 Å². The number of carbonyl (C=O) groups is 2. The number of amides is 2. The summed E-state index contributed by atoms with van der Waals surface area (Å²) in [5.74, 6) is -3.41. The number of alkyl halides is 3. The van der Waals surface area contributed by atoms with E-state index in [0.29, 0.717) is 0 Å². The van der Waals surface area contributed by atoms with Crippen LogP contribution in [-0.4, -0.2) is 22.6 Å². The van der Waals surface area contributed by atoms with Gasteiger partial charge in [-0.1, -0.05) is 30.3 Å². The Morgan fingerprint density at radius 3 is 2.38 bits per heavy atom. The number of carbonyl (C=O) groups excluding carboxylic acids is 2. The second kappa shape index (κ2) is 6.77. The lowest BCUT2D eigenvalue weighted by Gasteiger charge is -2.20. The normalized spacial score (nSPS) is 12.7. The number of hydrogen-bond donors (Lipinski definition) is 2. The lowest BCUT2D eigenvalue weighted by molar-refractivity contribution is -0.155. The highest BCUT2D eigenvalue weighted by molar-refractivity contribution is 5.96. The maximum atomic E-state index is 13.2. The molecule has 5 nitrogen and oxygen atoms in total. The Labute approximate surface area is 136 Å². The quantitative estimate of drug-likeness (QED) is 0.879. The maximum absolute atomic E-state index is 13.2. The van der Waals surface area contributed by atoms with Crippen molar-refractivity contribution >= 4 is 17.5 Å². The Kier molecular flexibility index (Phi) is 4.96. The second-order valence-electron chi connectivity index (χ2n) is 5.35. The maximum Gasteiger partial charge on any atom is 0.396 e. The van der Waals surface area contributed by atoms with Crippen LogP contribution in [0.3, 0.4) is 0 Å². The van der Waals surface area contributed by atoms with Crippen LogP contribution < -0.4 is 11.1 Å². The van der Waals surface area contributed by atoms with Gasteiger partial charge in [-0.05, 0) is 11.6 Å². The largest absolute Gasteiger partial charge is 0.396 e. The van der Waals surface area contributed by atoms with E-state index in [1.54, 1.807) is 6.07 Å². The molecule has 2 rings (SSSR count). The van der Waals surface area contributed by atoms with Crippen LogP contribution in [0.1, 0.15) is 28.4 Å². The summed E-state index contributed by atoms with van der Waals surface area (Å²) in [5.41, 5.74) is 5.52. The van der Waals surface area contributed by atoms with Gasteiger partial charge >= 0.3 is 6.18 Å². The van der Waals surface area contributed by atoms with Gasteiger partial charge in [0, 0.05) is 19.7 Å². The molecule has 0 saturated heterocycles. The van der Waals surface area contributed by atoms with E-state index < -0.39 is 30.3 Å². The topological polar surface area (TPSA) is 77.1 Å². The monoisotopic (exact) mass is 339 g/mol. The van der Waals surface area contributed by atoms with E-state index in [2.05, 4.69) is 5.32 Å². The average molecular weight is 339 g/mol. The van der Waals surface area contributed by atoms with Crippen LogP contribution >= 0.6 is 0 Å². The summed E-state index contributed by atoms with van der Waals surface area (Å²) in [6.07, 6.45) is -3.90. The van der Waals surface area contributed by atoms with Crippen molar-refractivity contribution in [3.8, 4) is 0 Å². The van der Waals surface area contributed by atoms with Crippen molar-refractivity contribution in [2.24, 2.45) is 12.8 Å². The summed E-state index contributed by atoms with van der Waals surface area (Å²) in [6.45, 7) is 0. The van der Waals surface area contributed by atoms with E-state index in [1.807, 2.05) is 0 Å². The van der Waals surface area contributed by atoms with E-state index in [0.717, 1.165) is 0 Å². The molecule has 1 aromatic heterocycles. The SMILES string of the molecule is Cn1cc(NC(=O)C[C@@H](c2ccccc2)C(F)(F)F)cc1C(N)=O. The number of aryl methyl sites for hydroxylation is 1. The highest BCUT2D eigenvalue weighted by Crippen LogP contribution is 2.37. The van der Waals surface area contributed by atoms with E-state index in [1.165, 1.54) is 48.1 Å². The molecular weight excluding hydrogens is 323 g/mol. The van der Waals surface area contributed by atoms with E-state index in [4.69, 9.17) is 5.73 Å². The third kappa shape index (κ3) is 4.15. The molecule has 3 N–H and O–H groups in total. The first-order valence-electron chi connectivity index (χ1n) is 7.06. The predicted molar refractivity (Wildman–Crippen MR) is 82.4 cm³/mol. The molecule has 1 aromatic carbocycles. The van der Waals surface area contributed by atoms with Gasteiger partial charge < -0.3 is 15.6 Å². The predicted octanol–water partition coefficient (Wildman–Crippen LogP) is 2.80. The average Bonchev–Trinajstić information content (AvgIpc) is 2.85. The molecule has 0 radical (unpaired) electrons. The van der Waals surface area contributed by atoms with Crippen LogP contribution in [0.4, 0.5) is 18.9 Å². The number of benzene rings is 1. The first kappa shape index (κ1) is 17.6. The van der Waals surface area contributed by atoms with Crippen molar-refractivity contribution in [3.63, 3.8) is 0 Å². The van der Waals surface area contributed by atoms with Crippen molar-refractivity contribution in [1.29, 1.82) is 0 Å². The fourth-order valence-electron chi connectivity index (χ4n) is 2.38. The van der Waals surface area contributed by atoms with Crippen LogP contribution in [0.25, 0.3) is 0 Å². The van der Waals surface area contributed by atoms with Crippen LogP contribution in [0.2, 0.25) is 0 Å². The molecule has 0 aliphatic heterocycles. The number of nitrogens with two attached hydrogens (primary N) is 1. The Balaban J connectivity index is 2.14. The Morgan fingerprint density at radius 1 is 1.25 bits per heavy atom. The minimum atomic E-state index is -4.55. The molecular formula is C16H16F3N3O2. The Hall–Kier alpha value is -2.77. The lowest BCUT2D eigenvalue weighted by Crippen LogP contribution is -2.26. The van der Waals surface area contributed by atoms with Crippen molar-refractivity contribution in [2.45, 2.75) is 18.5 Å². The van der Waals surface area contributed by atoms with Crippen molar-refractivity contribution in [3.05, 3.63) is 53.9 Å². The lowest BCUT2D eigenvalue weighted by atomic mass is 9.95. The summed E-state index contributed by atoms with van der Waals surface area (Å²) >= 11 is 0. The van der Waals surface area contributed by atoms with Gasteiger partial charge in [-0.15, -0.1) is 0 Å². The third-order valence-electron chi connectivity index (χ3n) is 3.53. The number of aromatic nitrogens is 1. The van der Waals surface area contributed by atoms with Gasteiger partial charge in [0.05, 0.1) is 11.6 Å². The molecule has 0 aliphatic carbocycles. The molecule has 8 heteroatoms. The molecule has 2 amide bonds. The number of nitrogens with one attached hydrogen (secondary N) is 1. The van der Waals surface area contributed by atoms with Crippen molar-refractivity contribution < 1.29 is 22.8 Å². The fourth-order valence-corrected chi connectivity index (χ4v) is 2.38. The highest BCUT2D eigenvalue weighted by atomic mass is 19.4. The highest BCUT2D eigenvalue weighted by Gasteiger charge is 2.41. The molecule has 24 heavy (non-hydrogen) atoms. The second-order valence-corrected chi connectivity index (χ2v) is 5.35. The number of hydrogen-bond acceptors (Lipinski definition) is 2. The smallest absolute Gasteiger partial charge is 0.364 e. The fraction of sp³-hybridized carbons (Fsp3) is 0.250. The number of anilines is 1. The zero-order chi connectivity index (χ0) is 17.9. The van der Waals surface area contributed by atoms with Crippen LogP contribution in [0.15, 0.2) is 42.6 Å². The van der Waals surface area contributed by atoms with Gasteiger partial charge in [-0.2, -0.15) is 13.2 Å². The number of primary amides is 1. The van der Waals surface area contributed by atoms with Crippen LogP contribution in [-0.2, 0) is 11.8 Å². The molecule has 0 bridgehead atoms. The van der Waals surface area contributed by atoms with Gasteiger partial charge in [0.25, 0.3) is 5.91 Å². The molecule has 2 aromatic rings. The summed E-state index contributed by atoms with van der Waals surface area (Å²) in [4.78, 5) is 23.2. The van der Waals surface area contributed by atoms with Gasteiger partial charge in [0.1, 0.15) is 5.69 Å². The molecule has 0 fully saturated rings. The molecule has 128 valence electrons. The Morgan fingerprint density at radius 2 is 1.88 bits per heavy atom. The summed E-state index contributed by atoms with van der Waals surface area (Å²) in [5, 5.41) is 2.36. The first-order valence-corrected chi connectivity index (χ1v) is 7.06. The molecule has 0 aliphatic rings. The van der Waals surface area contributed by atoms with Crippen LogP contribution in [0, 0.1) is 0 Å². The van der Waals surface area contributed by atoms with E-state index in [-0.39, 0.29) is 16.9 Å². The zero-order valence-electron chi connectivity index (χ0n) is 12.8. The molecule has 1 heterocycles. The summed E-state index contributed by atoms with van der Waals surface area (Å²) in [7, 11) is 1.54. The number of rotatable bonds is 5. The molecule has 0 spiro atoms. The van der Waals surface area contributed by atoms with Gasteiger partial charge in [0.2, 0.25) is 5.91 Å². The summed E-state index contributed by atoms with van der Waals surface area (Å²) < 4.78 is 41.1. The van der Waals surface area contributed by atoms with Gasteiger partial charge in [-0.25, -0.2) is 0 Å². The molecule has 0 saturated carbocycles. The van der Waals surface area contributed by atoms with Crippen molar-refractivity contribution in [1.82, 2.24) is 4.57 Å². The Bertz CT molecular complexity index is 739. The number of nitrogens with zero attached hydrogens (tertiary/aromatic N) is 1. The minimum absolute atomic E-state index is 0.0195. The molecule has 0 unspecified atom stereocenters. The third-order valence-corrected chi connectivity index (χ3v) is 3.53. The minimum Gasteiger partial charge on any atom is -0.364 e. The van der Waals surface area contributed by atoms with Gasteiger partial charge in [0.15, 0.2) is 0 Å². The van der Waals surface area contributed by atoms with Crippen molar-refractivity contribution in [2.75, 3.05) is 5.32 Å². The van der Waals surface area contributed by atoms with E-state index in [9.17, 15) is 22.8 Å². The summed E-state index contributed by atoms with van der Waals surface area (Å²) in [6, 6.07) is 8.56. The molecule has 1 atom stereocenters. The zero-order valence-corrected chi connectivity index (χ0v) is 12.8. The van der Waals surface area contributed by atoms with Gasteiger partial charge in [-0.3, -0.25) is 9.59 Å². The standard InChI is InChI=1S/C16H16F3N3O2/c1-22-9-11(7-13(22)15(20)24)21-14(23)8-12(16(17,18)19)10-5-3-2-4-6-10/h2-7,9,12H,8H2,1H3,(H2,20,24)(H,21,23)/t12-/m0/s1. The first-order chi connectivity index (χ1) is 11.2. The number of halogens is 3. The van der Waals surface area contributed by atoms with E-state index >= 15 is 0 Å².